The van der Waals surface area contributed by atoms with Crippen LogP contribution in [0.1, 0.15) is 5.56 Å². The van der Waals surface area contributed by atoms with Crippen molar-refractivity contribution in [2.75, 3.05) is 5.32 Å². The first-order chi connectivity index (χ1) is 9.15. The molecular weight excluding hydrogens is 287 g/mol. The van der Waals surface area contributed by atoms with Crippen molar-refractivity contribution < 1.29 is 9.53 Å². The Morgan fingerprint density at radius 1 is 1.16 bits per heavy atom. The molecule has 1 N–H and O–H groups in total. The van der Waals surface area contributed by atoms with E-state index in [1.807, 2.05) is 30.3 Å². The van der Waals surface area contributed by atoms with Crippen LogP contribution in [-0.2, 0) is 11.3 Å². The fraction of sp³-hybridized carbons (Fsp3) is 0.0769. The third-order valence-electron chi connectivity index (χ3n) is 2.25. The van der Waals surface area contributed by atoms with Gasteiger partial charge in [-0.25, -0.2) is 9.78 Å². The summed E-state index contributed by atoms with van der Waals surface area (Å²) in [7, 11) is 0. The summed E-state index contributed by atoms with van der Waals surface area (Å²) in [6.45, 7) is 0.171. The number of ether oxygens (including phenoxy) is 1. The number of halogens is 2. The van der Waals surface area contributed by atoms with E-state index >= 15 is 0 Å². The Bertz CT molecular complexity index is 576. The van der Waals surface area contributed by atoms with Gasteiger partial charge in [-0.05, 0) is 17.7 Å². The number of nitrogens with one attached hydrogen (secondary N) is 1. The maximum absolute atomic E-state index is 11.6. The van der Waals surface area contributed by atoms with Crippen LogP contribution in [0, 0.1) is 0 Å². The van der Waals surface area contributed by atoms with Gasteiger partial charge < -0.3 is 4.74 Å². The fourth-order valence-corrected chi connectivity index (χ4v) is 1.66. The lowest BCUT2D eigenvalue weighted by molar-refractivity contribution is 0.155. The summed E-state index contributed by atoms with van der Waals surface area (Å²) in [6.07, 6.45) is -0.638. The van der Waals surface area contributed by atoms with E-state index in [-0.39, 0.29) is 17.6 Å². The minimum Gasteiger partial charge on any atom is -0.444 e. The Hall–Kier alpha value is -1.78. The molecule has 2 aromatic rings. The van der Waals surface area contributed by atoms with Crippen LogP contribution in [0.15, 0.2) is 42.5 Å². The third kappa shape index (κ3) is 4.12. The first-order valence-electron chi connectivity index (χ1n) is 5.45. The summed E-state index contributed by atoms with van der Waals surface area (Å²) < 4.78 is 5.04. The van der Waals surface area contributed by atoms with Gasteiger partial charge in [0.05, 0.1) is 5.02 Å². The number of carbonyl (C=O) groups is 1. The summed E-state index contributed by atoms with van der Waals surface area (Å²) in [4.78, 5) is 15.5. The Balaban J connectivity index is 1.93. The van der Waals surface area contributed by atoms with Crippen LogP contribution in [0.25, 0.3) is 0 Å². The van der Waals surface area contributed by atoms with E-state index < -0.39 is 6.09 Å². The van der Waals surface area contributed by atoms with E-state index in [1.165, 1.54) is 6.07 Å². The number of benzene rings is 1. The smallest absolute Gasteiger partial charge is 0.413 e. The van der Waals surface area contributed by atoms with Crippen molar-refractivity contribution in [2.24, 2.45) is 0 Å². The van der Waals surface area contributed by atoms with Gasteiger partial charge in [0, 0.05) is 0 Å². The van der Waals surface area contributed by atoms with Crippen LogP contribution in [0.2, 0.25) is 10.2 Å². The molecule has 0 aliphatic heterocycles. The van der Waals surface area contributed by atoms with E-state index in [0.29, 0.717) is 5.02 Å². The second kappa shape index (κ2) is 6.41. The van der Waals surface area contributed by atoms with E-state index in [1.54, 1.807) is 6.07 Å². The van der Waals surface area contributed by atoms with Crippen LogP contribution >= 0.6 is 23.2 Å². The lowest BCUT2D eigenvalue weighted by atomic mass is 10.2. The number of aromatic nitrogens is 1. The number of carbonyl (C=O) groups excluding carboxylic acids is 1. The highest BCUT2D eigenvalue weighted by atomic mass is 35.5. The van der Waals surface area contributed by atoms with Gasteiger partial charge in [-0.2, -0.15) is 0 Å². The minimum absolute atomic E-state index is 0.171. The number of hydrogen-bond donors (Lipinski definition) is 1. The summed E-state index contributed by atoms with van der Waals surface area (Å²) in [5.41, 5.74) is 0.891. The van der Waals surface area contributed by atoms with Crippen LogP contribution in [0.4, 0.5) is 10.6 Å². The lowest BCUT2D eigenvalue weighted by Gasteiger charge is -2.07. The molecule has 0 spiro atoms. The van der Waals surface area contributed by atoms with E-state index in [2.05, 4.69) is 10.3 Å². The van der Waals surface area contributed by atoms with E-state index in [0.717, 1.165) is 5.56 Å². The molecule has 0 aliphatic rings. The number of pyridine rings is 1. The summed E-state index contributed by atoms with van der Waals surface area (Å²) in [5.74, 6) is 0.173. The first kappa shape index (κ1) is 13.6. The molecule has 6 heteroatoms. The highest BCUT2D eigenvalue weighted by Crippen LogP contribution is 2.21. The Kier molecular flexibility index (Phi) is 4.60. The lowest BCUT2D eigenvalue weighted by Crippen LogP contribution is -2.14. The van der Waals surface area contributed by atoms with Crippen molar-refractivity contribution in [1.82, 2.24) is 4.98 Å². The van der Waals surface area contributed by atoms with Crippen molar-refractivity contribution in [3.05, 3.63) is 58.2 Å². The summed E-state index contributed by atoms with van der Waals surface area (Å²) >= 11 is 11.6. The van der Waals surface area contributed by atoms with Gasteiger partial charge in [0.1, 0.15) is 11.8 Å². The number of hydrogen-bond acceptors (Lipinski definition) is 3. The highest BCUT2D eigenvalue weighted by molar-refractivity contribution is 6.34. The van der Waals surface area contributed by atoms with Gasteiger partial charge in [-0.1, -0.05) is 53.5 Å². The normalized spacial score (nSPS) is 10.0. The molecule has 0 saturated heterocycles. The zero-order chi connectivity index (χ0) is 13.7. The summed E-state index contributed by atoms with van der Waals surface area (Å²) in [6, 6.07) is 12.4. The van der Waals surface area contributed by atoms with Gasteiger partial charge in [0.25, 0.3) is 0 Å². The molecule has 0 unspecified atom stereocenters. The monoisotopic (exact) mass is 296 g/mol. The van der Waals surface area contributed by atoms with Crippen molar-refractivity contribution in [3.8, 4) is 0 Å². The standard InChI is InChI=1S/C13H10Cl2N2O2/c14-10-6-7-11(15)16-12(10)17-13(18)19-8-9-4-2-1-3-5-9/h1-7H,8H2,(H,16,17,18). The molecule has 1 amide bonds. The Morgan fingerprint density at radius 3 is 2.63 bits per heavy atom. The van der Waals surface area contributed by atoms with Gasteiger partial charge in [0.2, 0.25) is 0 Å². The molecule has 0 fully saturated rings. The van der Waals surface area contributed by atoms with Crippen LogP contribution in [0.5, 0.6) is 0 Å². The molecule has 0 radical (unpaired) electrons. The van der Waals surface area contributed by atoms with Crippen molar-refractivity contribution in [3.63, 3.8) is 0 Å². The molecule has 2 rings (SSSR count). The van der Waals surface area contributed by atoms with Gasteiger partial charge >= 0.3 is 6.09 Å². The fourth-order valence-electron chi connectivity index (χ4n) is 1.36. The molecule has 98 valence electrons. The number of amides is 1. The predicted octanol–water partition coefficient (Wildman–Crippen LogP) is 4.14. The molecular formula is C13H10Cl2N2O2. The molecule has 1 aromatic heterocycles. The molecule has 4 nitrogen and oxygen atoms in total. The average molecular weight is 297 g/mol. The molecule has 1 aromatic carbocycles. The zero-order valence-electron chi connectivity index (χ0n) is 9.77. The van der Waals surface area contributed by atoms with Crippen LogP contribution in [0.3, 0.4) is 0 Å². The van der Waals surface area contributed by atoms with Crippen molar-refractivity contribution in [2.45, 2.75) is 6.61 Å². The van der Waals surface area contributed by atoms with Gasteiger partial charge in [-0.15, -0.1) is 0 Å². The van der Waals surface area contributed by atoms with Gasteiger partial charge in [0.15, 0.2) is 5.82 Å². The zero-order valence-corrected chi connectivity index (χ0v) is 11.3. The maximum Gasteiger partial charge on any atom is 0.413 e. The highest BCUT2D eigenvalue weighted by Gasteiger charge is 2.09. The number of rotatable bonds is 3. The quantitative estimate of drug-likeness (QED) is 0.866. The number of anilines is 1. The third-order valence-corrected chi connectivity index (χ3v) is 2.76. The van der Waals surface area contributed by atoms with Crippen molar-refractivity contribution >= 4 is 35.1 Å². The molecule has 0 saturated carbocycles. The summed E-state index contributed by atoms with van der Waals surface area (Å²) in [5, 5.41) is 2.96. The largest absolute Gasteiger partial charge is 0.444 e. The van der Waals surface area contributed by atoms with E-state index in [9.17, 15) is 4.79 Å². The predicted molar refractivity (Wildman–Crippen MR) is 74.5 cm³/mol. The molecule has 0 atom stereocenters. The van der Waals surface area contributed by atoms with Crippen LogP contribution in [-0.4, -0.2) is 11.1 Å². The molecule has 1 heterocycles. The van der Waals surface area contributed by atoms with E-state index in [4.69, 9.17) is 27.9 Å². The second-order valence-electron chi connectivity index (χ2n) is 3.65. The first-order valence-corrected chi connectivity index (χ1v) is 6.20. The maximum atomic E-state index is 11.6. The Labute approximate surface area is 120 Å². The Morgan fingerprint density at radius 2 is 1.89 bits per heavy atom. The van der Waals surface area contributed by atoms with Crippen molar-refractivity contribution in [1.29, 1.82) is 0 Å². The van der Waals surface area contributed by atoms with Gasteiger partial charge in [-0.3, -0.25) is 5.32 Å². The average Bonchev–Trinajstić information content (AvgIpc) is 2.42. The SMILES string of the molecule is O=C(Nc1nc(Cl)ccc1Cl)OCc1ccccc1. The topological polar surface area (TPSA) is 51.2 Å². The molecule has 0 aliphatic carbocycles. The second-order valence-corrected chi connectivity index (χ2v) is 4.45. The molecule has 19 heavy (non-hydrogen) atoms. The minimum atomic E-state index is -0.638. The number of nitrogens with zero attached hydrogens (tertiary/aromatic N) is 1. The van der Waals surface area contributed by atoms with Crippen LogP contribution < -0.4 is 5.32 Å². The molecule has 0 bridgehead atoms.